The van der Waals surface area contributed by atoms with Crippen LogP contribution in [0.5, 0.6) is 0 Å². The van der Waals surface area contributed by atoms with Crippen LogP contribution in [0.15, 0.2) is 24.3 Å². The Morgan fingerprint density at radius 3 is 2.57 bits per heavy atom. The summed E-state index contributed by atoms with van der Waals surface area (Å²) in [7, 11) is 0. The molecule has 0 radical (unpaired) electrons. The number of para-hydroxylation sites is 1. The van der Waals surface area contributed by atoms with Crippen LogP contribution >= 0.6 is 0 Å². The van der Waals surface area contributed by atoms with Gasteiger partial charge in [-0.15, -0.1) is 0 Å². The average Bonchev–Trinajstić information content (AvgIpc) is 2.82. The second-order valence-corrected chi connectivity index (χ2v) is 5.64. The number of rotatable bonds is 2. The molecule has 2 aromatic rings. The normalized spacial score (nSPS) is 16.3. The highest BCUT2D eigenvalue weighted by atomic mass is 16.2. The van der Waals surface area contributed by atoms with Gasteiger partial charge in [-0.3, -0.25) is 9.59 Å². The summed E-state index contributed by atoms with van der Waals surface area (Å²) in [4.78, 5) is 29.0. The molecule has 2 amide bonds. The summed E-state index contributed by atoms with van der Waals surface area (Å²) in [5.74, 6) is -0.323. The molecule has 110 valence electrons. The van der Waals surface area contributed by atoms with Gasteiger partial charge in [-0.25, -0.2) is 0 Å². The molecule has 5 nitrogen and oxygen atoms in total. The molecule has 1 aromatic heterocycles. The van der Waals surface area contributed by atoms with Gasteiger partial charge in [-0.05, 0) is 25.8 Å². The van der Waals surface area contributed by atoms with Crippen LogP contribution in [0.1, 0.15) is 28.9 Å². The third kappa shape index (κ3) is 2.39. The molecule has 0 bridgehead atoms. The molecule has 0 spiro atoms. The van der Waals surface area contributed by atoms with Gasteiger partial charge in [-0.1, -0.05) is 18.2 Å². The Kier molecular flexibility index (Phi) is 3.41. The maximum absolute atomic E-state index is 12.8. The number of piperidine rings is 1. The van der Waals surface area contributed by atoms with Crippen LogP contribution in [0.2, 0.25) is 0 Å². The molecule has 0 unspecified atom stereocenters. The number of nitrogens with two attached hydrogens (primary N) is 1. The zero-order valence-corrected chi connectivity index (χ0v) is 12.1. The van der Waals surface area contributed by atoms with E-state index in [0.717, 1.165) is 22.2 Å². The summed E-state index contributed by atoms with van der Waals surface area (Å²) >= 11 is 0. The van der Waals surface area contributed by atoms with Crippen molar-refractivity contribution in [2.24, 2.45) is 11.7 Å². The largest absolute Gasteiger partial charge is 0.369 e. The fourth-order valence-corrected chi connectivity index (χ4v) is 3.08. The van der Waals surface area contributed by atoms with Gasteiger partial charge in [0.2, 0.25) is 5.91 Å². The van der Waals surface area contributed by atoms with Crippen molar-refractivity contribution in [1.29, 1.82) is 0 Å². The highest BCUT2D eigenvalue weighted by molar-refractivity contribution is 6.08. The SMILES string of the molecule is Cc1[nH]c2ccccc2c1C(=O)N1CCC(C(N)=O)CC1. The molecule has 0 atom stereocenters. The van der Waals surface area contributed by atoms with Crippen LogP contribution in [0, 0.1) is 12.8 Å². The van der Waals surface area contributed by atoms with E-state index in [9.17, 15) is 9.59 Å². The first-order chi connectivity index (χ1) is 10.1. The highest BCUT2D eigenvalue weighted by Gasteiger charge is 2.28. The molecule has 1 aromatic carbocycles. The number of hydrogen-bond acceptors (Lipinski definition) is 2. The third-order valence-corrected chi connectivity index (χ3v) is 4.29. The Morgan fingerprint density at radius 2 is 1.90 bits per heavy atom. The van der Waals surface area contributed by atoms with Crippen molar-refractivity contribution >= 4 is 22.7 Å². The Bertz CT molecular complexity index is 697. The zero-order chi connectivity index (χ0) is 15.0. The van der Waals surface area contributed by atoms with Crippen molar-refractivity contribution in [3.63, 3.8) is 0 Å². The first kappa shape index (κ1) is 13.7. The predicted octanol–water partition coefficient (Wildman–Crippen LogP) is 1.81. The molecular formula is C16H19N3O2. The topological polar surface area (TPSA) is 79.2 Å². The van der Waals surface area contributed by atoms with Crippen molar-refractivity contribution in [1.82, 2.24) is 9.88 Å². The van der Waals surface area contributed by atoms with Crippen LogP contribution < -0.4 is 5.73 Å². The number of hydrogen-bond donors (Lipinski definition) is 2. The van der Waals surface area contributed by atoms with Gasteiger partial charge in [0.1, 0.15) is 0 Å². The number of carbonyl (C=O) groups is 2. The van der Waals surface area contributed by atoms with Gasteiger partial charge >= 0.3 is 0 Å². The molecule has 3 N–H and O–H groups in total. The number of likely N-dealkylation sites (tertiary alicyclic amines) is 1. The van der Waals surface area contributed by atoms with Gasteiger partial charge in [0, 0.05) is 35.6 Å². The summed E-state index contributed by atoms with van der Waals surface area (Å²) in [6.45, 7) is 3.10. The average molecular weight is 285 g/mol. The number of H-pyrrole nitrogens is 1. The minimum absolute atomic E-state index is 0.0351. The number of nitrogens with one attached hydrogen (secondary N) is 1. The van der Waals surface area contributed by atoms with Crippen LogP contribution in [0.3, 0.4) is 0 Å². The van der Waals surface area contributed by atoms with E-state index in [4.69, 9.17) is 5.73 Å². The van der Waals surface area contributed by atoms with E-state index in [1.54, 1.807) is 0 Å². The summed E-state index contributed by atoms with van der Waals surface area (Å²) in [5.41, 5.74) is 7.94. The summed E-state index contributed by atoms with van der Waals surface area (Å²) in [6.07, 6.45) is 1.31. The van der Waals surface area contributed by atoms with Gasteiger partial charge in [0.25, 0.3) is 5.91 Å². The van der Waals surface area contributed by atoms with Crippen LogP contribution in [-0.4, -0.2) is 34.8 Å². The summed E-state index contributed by atoms with van der Waals surface area (Å²) < 4.78 is 0. The fourth-order valence-electron chi connectivity index (χ4n) is 3.08. The molecular weight excluding hydrogens is 266 g/mol. The van der Waals surface area contributed by atoms with E-state index in [2.05, 4.69) is 4.98 Å². The Labute approximate surface area is 123 Å². The van der Waals surface area contributed by atoms with Crippen molar-refractivity contribution in [2.45, 2.75) is 19.8 Å². The minimum atomic E-state index is -0.259. The first-order valence-corrected chi connectivity index (χ1v) is 7.24. The number of aryl methyl sites for hydroxylation is 1. The molecule has 0 saturated carbocycles. The Morgan fingerprint density at radius 1 is 1.24 bits per heavy atom. The van der Waals surface area contributed by atoms with Gasteiger partial charge in [0.05, 0.1) is 5.56 Å². The maximum Gasteiger partial charge on any atom is 0.256 e. The Balaban J connectivity index is 1.85. The van der Waals surface area contributed by atoms with E-state index in [1.807, 2.05) is 36.1 Å². The molecule has 1 aliphatic heterocycles. The third-order valence-electron chi connectivity index (χ3n) is 4.29. The number of benzene rings is 1. The monoisotopic (exact) mass is 285 g/mol. The van der Waals surface area contributed by atoms with E-state index in [0.29, 0.717) is 25.9 Å². The van der Waals surface area contributed by atoms with E-state index in [-0.39, 0.29) is 17.7 Å². The summed E-state index contributed by atoms with van der Waals surface area (Å²) in [5, 5.41) is 0.956. The maximum atomic E-state index is 12.8. The molecule has 5 heteroatoms. The standard InChI is InChI=1S/C16H19N3O2/c1-10-14(12-4-2-3-5-13(12)18-10)16(21)19-8-6-11(7-9-19)15(17)20/h2-5,11,18H,6-9H2,1H3,(H2,17,20). The lowest BCUT2D eigenvalue weighted by Gasteiger charge is -2.30. The van der Waals surface area contributed by atoms with Crippen molar-refractivity contribution in [3.05, 3.63) is 35.5 Å². The number of aromatic amines is 1. The minimum Gasteiger partial charge on any atom is -0.369 e. The van der Waals surface area contributed by atoms with Crippen molar-refractivity contribution in [3.8, 4) is 0 Å². The fraction of sp³-hybridized carbons (Fsp3) is 0.375. The lowest BCUT2D eigenvalue weighted by molar-refractivity contribution is -0.123. The molecule has 1 saturated heterocycles. The number of nitrogens with zero attached hydrogens (tertiary/aromatic N) is 1. The molecule has 1 aliphatic rings. The number of primary amides is 1. The number of amides is 2. The second-order valence-electron chi connectivity index (χ2n) is 5.64. The molecule has 0 aliphatic carbocycles. The first-order valence-electron chi connectivity index (χ1n) is 7.24. The lowest BCUT2D eigenvalue weighted by Crippen LogP contribution is -2.41. The van der Waals surface area contributed by atoms with Crippen LogP contribution in [0.4, 0.5) is 0 Å². The molecule has 3 rings (SSSR count). The summed E-state index contributed by atoms with van der Waals surface area (Å²) in [6, 6.07) is 7.82. The van der Waals surface area contributed by atoms with Crippen molar-refractivity contribution < 1.29 is 9.59 Å². The smallest absolute Gasteiger partial charge is 0.256 e. The second kappa shape index (κ2) is 5.24. The van der Waals surface area contributed by atoms with E-state index in [1.165, 1.54) is 0 Å². The van der Waals surface area contributed by atoms with E-state index >= 15 is 0 Å². The highest BCUT2D eigenvalue weighted by Crippen LogP contribution is 2.25. The quantitative estimate of drug-likeness (QED) is 0.882. The lowest BCUT2D eigenvalue weighted by atomic mass is 9.95. The van der Waals surface area contributed by atoms with Gasteiger partial charge < -0.3 is 15.6 Å². The molecule has 21 heavy (non-hydrogen) atoms. The number of carbonyl (C=O) groups excluding carboxylic acids is 2. The zero-order valence-electron chi connectivity index (χ0n) is 12.1. The number of aromatic nitrogens is 1. The Hall–Kier alpha value is -2.30. The number of fused-ring (bicyclic) bond motifs is 1. The van der Waals surface area contributed by atoms with Gasteiger partial charge in [0.15, 0.2) is 0 Å². The van der Waals surface area contributed by atoms with Gasteiger partial charge in [-0.2, -0.15) is 0 Å². The van der Waals surface area contributed by atoms with Crippen molar-refractivity contribution in [2.75, 3.05) is 13.1 Å². The molecule has 2 heterocycles. The van der Waals surface area contributed by atoms with E-state index < -0.39 is 0 Å². The molecule has 1 fully saturated rings. The predicted molar refractivity (Wildman–Crippen MR) is 80.9 cm³/mol. The van der Waals surface area contributed by atoms with Crippen LogP contribution in [-0.2, 0) is 4.79 Å². The van der Waals surface area contributed by atoms with Crippen LogP contribution in [0.25, 0.3) is 10.9 Å².